The number of thioether (sulfide) groups is 1. The van der Waals surface area contributed by atoms with Crippen molar-refractivity contribution in [3.63, 3.8) is 0 Å². The lowest BCUT2D eigenvalue weighted by molar-refractivity contribution is 0.102. The van der Waals surface area contributed by atoms with Gasteiger partial charge in [-0.2, -0.15) is 8.42 Å². The van der Waals surface area contributed by atoms with E-state index < -0.39 is 21.3 Å². The minimum Gasteiger partial charge on any atom is -0.381 e. The lowest BCUT2D eigenvalue weighted by atomic mass is 10.1. The highest BCUT2D eigenvalue weighted by Gasteiger charge is 2.24. The van der Waals surface area contributed by atoms with Crippen molar-refractivity contribution >= 4 is 45.0 Å². The number of hydrogen-bond donors (Lipinski definition) is 4. The molecule has 4 rings (SSSR count). The van der Waals surface area contributed by atoms with Crippen molar-refractivity contribution < 1.29 is 22.2 Å². The summed E-state index contributed by atoms with van der Waals surface area (Å²) in [6, 6.07) is 18.0. The van der Waals surface area contributed by atoms with Crippen molar-refractivity contribution in [2.75, 3.05) is 16.0 Å². The number of fused-ring (bicyclic) bond motifs is 1. The van der Waals surface area contributed by atoms with Crippen molar-refractivity contribution in [3.05, 3.63) is 77.9 Å². The third kappa shape index (κ3) is 5.65. The van der Waals surface area contributed by atoms with Gasteiger partial charge in [0, 0.05) is 28.4 Å². The second-order valence-electron chi connectivity index (χ2n) is 7.60. The molecule has 7 nitrogen and oxygen atoms in total. The van der Waals surface area contributed by atoms with Crippen LogP contribution in [-0.4, -0.2) is 30.9 Å². The smallest absolute Gasteiger partial charge is 0.332 e. The number of nitrogens with one attached hydrogen (secondary N) is 3. The summed E-state index contributed by atoms with van der Waals surface area (Å²) in [6.07, 6.45) is -0.685. The van der Waals surface area contributed by atoms with Crippen LogP contribution in [-0.2, 0) is 16.8 Å². The van der Waals surface area contributed by atoms with E-state index in [4.69, 9.17) is 0 Å². The van der Waals surface area contributed by atoms with Crippen LogP contribution in [0.2, 0.25) is 0 Å². The van der Waals surface area contributed by atoms with Gasteiger partial charge in [0.2, 0.25) is 0 Å². The second-order valence-corrected chi connectivity index (χ2v) is 10.4. The van der Waals surface area contributed by atoms with Crippen molar-refractivity contribution in [3.8, 4) is 0 Å². The average Bonchev–Trinajstić information content (AvgIpc) is 2.78. The van der Waals surface area contributed by atoms with E-state index in [0.717, 1.165) is 10.5 Å². The molecule has 1 aliphatic rings. The summed E-state index contributed by atoms with van der Waals surface area (Å²) >= 11 is 1.55. The Labute approximate surface area is 195 Å². The Balaban J connectivity index is 1.42. The number of carbonyl (C=O) groups is 1. The fourth-order valence-corrected chi connectivity index (χ4v) is 4.85. The third-order valence-electron chi connectivity index (χ3n) is 5.10. The van der Waals surface area contributed by atoms with Crippen LogP contribution in [0.3, 0.4) is 0 Å². The van der Waals surface area contributed by atoms with Crippen LogP contribution in [0.4, 0.5) is 20.9 Å². The van der Waals surface area contributed by atoms with Gasteiger partial charge in [-0.25, -0.2) is 0 Å². The first-order valence-corrected chi connectivity index (χ1v) is 12.4. The SMILES string of the molecule is CC1Sc2ccc(C(=O)Nc3cccc(CNc4cccc(S(=O)(=O)F)c4)c3)cc2NC1O. The lowest BCUT2D eigenvalue weighted by Gasteiger charge is -2.28. The number of carbonyl (C=O) groups excluding carboxylic acids is 1. The van der Waals surface area contributed by atoms with Gasteiger partial charge >= 0.3 is 10.2 Å². The van der Waals surface area contributed by atoms with Crippen molar-refractivity contribution in [1.82, 2.24) is 0 Å². The van der Waals surface area contributed by atoms with Gasteiger partial charge in [0.25, 0.3) is 5.91 Å². The molecule has 0 fully saturated rings. The molecule has 2 unspecified atom stereocenters. The minimum atomic E-state index is -4.77. The van der Waals surface area contributed by atoms with Crippen molar-refractivity contribution in [2.45, 2.75) is 34.7 Å². The Morgan fingerprint density at radius 2 is 1.85 bits per heavy atom. The topological polar surface area (TPSA) is 108 Å². The van der Waals surface area contributed by atoms with Gasteiger partial charge in [-0.05, 0) is 61.0 Å². The highest BCUT2D eigenvalue weighted by atomic mass is 32.3. The highest BCUT2D eigenvalue weighted by molar-refractivity contribution is 8.00. The second kappa shape index (κ2) is 9.42. The summed E-state index contributed by atoms with van der Waals surface area (Å²) in [5, 5.41) is 19.0. The van der Waals surface area contributed by atoms with Crippen LogP contribution in [0.1, 0.15) is 22.8 Å². The molecule has 1 amide bonds. The van der Waals surface area contributed by atoms with Gasteiger partial charge in [-0.1, -0.05) is 18.2 Å². The summed E-state index contributed by atoms with van der Waals surface area (Å²) < 4.78 is 35.4. The molecule has 0 bridgehead atoms. The van der Waals surface area contributed by atoms with Crippen molar-refractivity contribution in [1.29, 1.82) is 0 Å². The average molecular weight is 488 g/mol. The number of aliphatic hydroxyl groups is 1. The molecule has 1 aliphatic heterocycles. The summed E-state index contributed by atoms with van der Waals surface area (Å²) in [4.78, 5) is 13.3. The zero-order chi connectivity index (χ0) is 23.6. The fraction of sp³-hybridized carbons (Fsp3) is 0.174. The Bertz CT molecular complexity index is 1300. The van der Waals surface area contributed by atoms with Crippen LogP contribution in [0.15, 0.2) is 76.5 Å². The first kappa shape index (κ1) is 23.1. The summed E-state index contributed by atoms with van der Waals surface area (Å²) in [6.45, 7) is 2.27. The summed E-state index contributed by atoms with van der Waals surface area (Å²) in [7, 11) is -4.77. The number of rotatable bonds is 6. The summed E-state index contributed by atoms with van der Waals surface area (Å²) in [5.41, 5.74) is 3.05. The molecule has 33 heavy (non-hydrogen) atoms. The number of hydrogen-bond acceptors (Lipinski definition) is 7. The molecule has 0 radical (unpaired) electrons. The number of amides is 1. The van der Waals surface area contributed by atoms with E-state index in [1.165, 1.54) is 18.2 Å². The van der Waals surface area contributed by atoms with Gasteiger partial charge in [-0.3, -0.25) is 4.79 Å². The van der Waals surface area contributed by atoms with E-state index in [1.807, 2.05) is 19.1 Å². The van der Waals surface area contributed by atoms with Gasteiger partial charge < -0.3 is 21.1 Å². The van der Waals surface area contributed by atoms with Crippen LogP contribution < -0.4 is 16.0 Å². The fourth-order valence-electron chi connectivity index (χ4n) is 3.35. The molecule has 10 heteroatoms. The predicted octanol–water partition coefficient (Wildman–Crippen LogP) is 4.43. The van der Waals surface area contributed by atoms with E-state index in [-0.39, 0.29) is 11.2 Å². The standard InChI is InChI=1S/C23H22FN3O4S2/c1-14-22(28)27-20-11-16(8-9-21(20)32-14)23(29)26-18-6-2-4-15(10-18)13-25-17-5-3-7-19(12-17)33(24,30)31/h2-12,14,22,25,27-28H,13H2,1H3,(H,26,29). The lowest BCUT2D eigenvalue weighted by Crippen LogP contribution is -2.32. The molecule has 3 aromatic carbocycles. The number of benzene rings is 3. The maximum Gasteiger partial charge on any atom is 0.332 e. The molecule has 3 aromatic rings. The van der Waals surface area contributed by atoms with Crippen LogP contribution in [0.25, 0.3) is 0 Å². The molecular formula is C23H22FN3O4S2. The maximum atomic E-state index is 13.2. The highest BCUT2D eigenvalue weighted by Crippen LogP contribution is 2.37. The first-order chi connectivity index (χ1) is 15.7. The largest absolute Gasteiger partial charge is 0.381 e. The van der Waals surface area contributed by atoms with E-state index in [9.17, 15) is 22.2 Å². The Morgan fingerprint density at radius 1 is 1.09 bits per heavy atom. The first-order valence-electron chi connectivity index (χ1n) is 10.1. The van der Waals surface area contributed by atoms with Gasteiger partial charge in [0.1, 0.15) is 11.1 Å². The Morgan fingerprint density at radius 3 is 2.64 bits per heavy atom. The van der Waals surface area contributed by atoms with Crippen LogP contribution in [0.5, 0.6) is 0 Å². The molecule has 2 atom stereocenters. The number of aliphatic hydroxyl groups excluding tert-OH is 1. The van der Waals surface area contributed by atoms with E-state index in [0.29, 0.717) is 29.2 Å². The zero-order valence-electron chi connectivity index (χ0n) is 17.6. The molecule has 0 spiro atoms. The van der Waals surface area contributed by atoms with E-state index >= 15 is 0 Å². The third-order valence-corrected chi connectivity index (χ3v) is 7.16. The van der Waals surface area contributed by atoms with Gasteiger partial charge in [-0.15, -0.1) is 15.6 Å². The number of anilines is 3. The quantitative estimate of drug-likeness (QED) is 0.381. The minimum absolute atomic E-state index is 0.0115. The van der Waals surface area contributed by atoms with Crippen molar-refractivity contribution in [2.24, 2.45) is 0 Å². The van der Waals surface area contributed by atoms with E-state index in [1.54, 1.807) is 48.2 Å². The molecule has 0 saturated heterocycles. The Kier molecular flexibility index (Phi) is 6.59. The molecule has 4 N–H and O–H groups in total. The molecule has 0 aromatic heterocycles. The maximum absolute atomic E-state index is 13.2. The molecule has 1 heterocycles. The monoisotopic (exact) mass is 487 g/mol. The van der Waals surface area contributed by atoms with Crippen LogP contribution in [0, 0.1) is 0 Å². The number of halogens is 1. The molecule has 172 valence electrons. The molecule has 0 aliphatic carbocycles. The Hall–Kier alpha value is -3.08. The van der Waals surface area contributed by atoms with Gasteiger partial charge in [0.15, 0.2) is 0 Å². The van der Waals surface area contributed by atoms with E-state index in [2.05, 4.69) is 16.0 Å². The zero-order valence-corrected chi connectivity index (χ0v) is 19.2. The molecule has 0 saturated carbocycles. The molecular weight excluding hydrogens is 465 g/mol. The normalized spacial score (nSPS) is 17.5. The van der Waals surface area contributed by atoms with Gasteiger partial charge in [0.05, 0.1) is 10.9 Å². The summed E-state index contributed by atoms with van der Waals surface area (Å²) in [5.74, 6) is -0.288. The van der Waals surface area contributed by atoms with Crippen LogP contribution >= 0.6 is 11.8 Å². The predicted molar refractivity (Wildman–Crippen MR) is 128 cm³/mol.